The molecular weight excluding hydrogens is 212 g/mol. The molecule has 81 valence electrons. The van der Waals surface area contributed by atoms with Crippen LogP contribution in [0.2, 0.25) is 0 Å². The molecule has 0 unspecified atom stereocenters. The minimum atomic E-state index is -0.725. The highest BCUT2D eigenvalue weighted by Crippen LogP contribution is 2.35. The Balaban J connectivity index is 2.68. The maximum Gasteiger partial charge on any atom is 0.349 e. The number of benzene rings is 1. The molecule has 0 bridgehead atoms. The van der Waals surface area contributed by atoms with Crippen LogP contribution >= 0.6 is 0 Å². The topological polar surface area (TPSA) is 86.3 Å². The van der Waals surface area contributed by atoms with Gasteiger partial charge in [-0.3, -0.25) is 20.2 Å². The fourth-order valence-corrected chi connectivity index (χ4v) is 1.72. The summed E-state index contributed by atoms with van der Waals surface area (Å²) in [4.78, 5) is 20.1. The van der Waals surface area contributed by atoms with Crippen molar-refractivity contribution in [3.05, 3.63) is 62.1 Å². The third-order valence-electron chi connectivity index (χ3n) is 2.41. The zero-order valence-corrected chi connectivity index (χ0v) is 8.12. The number of rotatable bonds is 2. The highest BCUT2D eigenvalue weighted by Gasteiger charge is 2.30. The molecule has 2 rings (SSSR count). The Bertz CT molecular complexity index is 508. The van der Waals surface area contributed by atoms with Gasteiger partial charge in [0.2, 0.25) is 0 Å². The minimum Gasteiger partial charge on any atom is -0.258 e. The molecule has 0 fully saturated rings. The summed E-state index contributed by atoms with van der Waals surface area (Å²) in [5.74, 6) is 0. The molecule has 0 aromatic heterocycles. The van der Waals surface area contributed by atoms with Crippen LogP contribution in [0.5, 0.6) is 0 Å². The van der Waals surface area contributed by atoms with E-state index in [0.717, 1.165) is 0 Å². The van der Waals surface area contributed by atoms with Gasteiger partial charge in [0, 0.05) is 18.1 Å². The molecular formula is C10H7N2O4. The third kappa shape index (κ3) is 1.54. The zero-order valence-electron chi connectivity index (χ0n) is 8.12. The summed E-state index contributed by atoms with van der Waals surface area (Å²) in [6.07, 6.45) is 5.57. The van der Waals surface area contributed by atoms with E-state index in [-0.39, 0.29) is 0 Å². The summed E-state index contributed by atoms with van der Waals surface area (Å²) in [5.41, 5.74) is 0.219. The summed E-state index contributed by atoms with van der Waals surface area (Å²) in [6.45, 7) is 0. The van der Waals surface area contributed by atoms with Crippen molar-refractivity contribution in [2.24, 2.45) is 0 Å². The molecule has 0 amide bonds. The van der Waals surface area contributed by atoms with Gasteiger partial charge in [-0.25, -0.2) is 0 Å². The molecule has 1 aromatic rings. The fourth-order valence-electron chi connectivity index (χ4n) is 1.72. The highest BCUT2D eigenvalue weighted by atomic mass is 16.6. The van der Waals surface area contributed by atoms with Crippen LogP contribution in [0.15, 0.2) is 24.3 Å². The van der Waals surface area contributed by atoms with Gasteiger partial charge in [-0.1, -0.05) is 18.2 Å². The number of hydrogen-bond acceptors (Lipinski definition) is 4. The van der Waals surface area contributed by atoms with E-state index in [4.69, 9.17) is 0 Å². The molecule has 1 aromatic carbocycles. The lowest BCUT2D eigenvalue weighted by Gasteiger charge is -2.10. The first-order chi connectivity index (χ1) is 7.61. The van der Waals surface area contributed by atoms with Crippen molar-refractivity contribution < 1.29 is 9.85 Å². The number of fused-ring (bicyclic) bond motifs is 1. The Labute approximate surface area is 90.5 Å². The van der Waals surface area contributed by atoms with Crippen LogP contribution in [0, 0.1) is 26.6 Å². The molecule has 1 aliphatic rings. The van der Waals surface area contributed by atoms with E-state index >= 15 is 0 Å². The number of hydrogen-bond donors (Lipinski definition) is 0. The van der Waals surface area contributed by atoms with E-state index in [2.05, 4.69) is 0 Å². The largest absolute Gasteiger partial charge is 0.349 e. The van der Waals surface area contributed by atoms with E-state index in [1.165, 1.54) is 12.1 Å². The first-order valence-electron chi connectivity index (χ1n) is 4.56. The van der Waals surface area contributed by atoms with Crippen molar-refractivity contribution in [1.29, 1.82) is 0 Å². The maximum absolute atomic E-state index is 10.9. The molecule has 0 N–H and O–H groups in total. The van der Waals surface area contributed by atoms with Crippen molar-refractivity contribution >= 4 is 11.4 Å². The van der Waals surface area contributed by atoms with Crippen molar-refractivity contribution in [2.75, 3.05) is 0 Å². The molecule has 6 nitrogen and oxygen atoms in total. The standard InChI is InChI=1S/C10H7N2O4/c13-11(14)9-6-5-7-3-1-2-4-8(7)10(9)12(15)16/h1-3,5-6H,4H2. The van der Waals surface area contributed by atoms with Crippen LogP contribution in [0.3, 0.4) is 0 Å². The Kier molecular flexibility index (Phi) is 2.40. The number of nitro benzene ring substituents is 2. The van der Waals surface area contributed by atoms with Gasteiger partial charge >= 0.3 is 11.4 Å². The van der Waals surface area contributed by atoms with E-state index in [0.29, 0.717) is 17.5 Å². The van der Waals surface area contributed by atoms with Gasteiger partial charge < -0.3 is 0 Å². The average molecular weight is 219 g/mol. The number of nitro groups is 2. The van der Waals surface area contributed by atoms with Gasteiger partial charge in [0.05, 0.1) is 9.85 Å². The summed E-state index contributed by atoms with van der Waals surface area (Å²) in [5, 5.41) is 21.5. The summed E-state index contributed by atoms with van der Waals surface area (Å²) in [7, 11) is 0. The summed E-state index contributed by atoms with van der Waals surface area (Å²) >= 11 is 0. The molecule has 1 radical (unpaired) electrons. The second kappa shape index (κ2) is 3.73. The van der Waals surface area contributed by atoms with E-state index in [9.17, 15) is 20.2 Å². The van der Waals surface area contributed by atoms with E-state index in [1.54, 1.807) is 18.6 Å². The van der Waals surface area contributed by atoms with Crippen molar-refractivity contribution in [1.82, 2.24) is 0 Å². The van der Waals surface area contributed by atoms with Gasteiger partial charge in [0.15, 0.2) is 0 Å². The lowest BCUT2D eigenvalue weighted by atomic mass is 9.94. The first kappa shape index (κ1) is 10.3. The molecule has 1 aliphatic carbocycles. The first-order valence-corrected chi connectivity index (χ1v) is 4.56. The molecule has 0 saturated heterocycles. The molecule has 6 heteroatoms. The Hall–Kier alpha value is -2.24. The second-order valence-corrected chi connectivity index (χ2v) is 3.31. The molecule has 0 heterocycles. The van der Waals surface area contributed by atoms with Crippen LogP contribution in [-0.4, -0.2) is 9.85 Å². The SMILES string of the molecule is O=[N+]([O-])c1ccc2c(c1[N+](=O)[O-])CC=C[CH]2. The van der Waals surface area contributed by atoms with Crippen LogP contribution in [0.1, 0.15) is 11.1 Å². The average Bonchev–Trinajstić information content (AvgIpc) is 2.27. The number of nitrogens with zero attached hydrogens (tertiary/aromatic N) is 2. The predicted octanol–water partition coefficient (Wildman–Crippen LogP) is 2.17. The smallest absolute Gasteiger partial charge is 0.258 e. The molecule has 16 heavy (non-hydrogen) atoms. The lowest BCUT2D eigenvalue weighted by molar-refractivity contribution is -0.423. The summed E-state index contributed by atoms with van der Waals surface area (Å²) in [6, 6.07) is 2.70. The zero-order chi connectivity index (χ0) is 11.7. The van der Waals surface area contributed by atoms with Gasteiger partial charge in [-0.15, -0.1) is 0 Å². The van der Waals surface area contributed by atoms with Crippen molar-refractivity contribution in [3.63, 3.8) is 0 Å². The predicted molar refractivity (Wildman–Crippen MR) is 56.0 cm³/mol. The summed E-state index contributed by atoms with van der Waals surface area (Å²) < 4.78 is 0. The Morgan fingerprint density at radius 2 is 1.88 bits per heavy atom. The van der Waals surface area contributed by atoms with Crippen molar-refractivity contribution in [3.8, 4) is 0 Å². The third-order valence-corrected chi connectivity index (χ3v) is 2.41. The number of allylic oxidation sites excluding steroid dienone is 2. The highest BCUT2D eigenvalue weighted by molar-refractivity contribution is 5.64. The molecule has 0 aliphatic heterocycles. The normalized spacial score (nSPS) is 13.2. The maximum atomic E-state index is 10.9. The Morgan fingerprint density at radius 3 is 2.50 bits per heavy atom. The van der Waals surface area contributed by atoms with Gasteiger partial charge in [-0.05, 0) is 12.0 Å². The van der Waals surface area contributed by atoms with Crippen LogP contribution in [0.4, 0.5) is 11.4 Å². The molecule has 0 spiro atoms. The Morgan fingerprint density at radius 1 is 1.12 bits per heavy atom. The van der Waals surface area contributed by atoms with Gasteiger partial charge in [0.25, 0.3) is 0 Å². The van der Waals surface area contributed by atoms with Crippen LogP contribution in [0.25, 0.3) is 0 Å². The van der Waals surface area contributed by atoms with E-state index < -0.39 is 21.2 Å². The minimum absolute atomic E-state index is 0.351. The quantitative estimate of drug-likeness (QED) is 0.563. The lowest BCUT2D eigenvalue weighted by Crippen LogP contribution is -2.05. The van der Waals surface area contributed by atoms with Crippen LogP contribution in [-0.2, 0) is 6.42 Å². The van der Waals surface area contributed by atoms with Crippen LogP contribution < -0.4 is 0 Å². The molecule has 0 saturated carbocycles. The monoisotopic (exact) mass is 219 g/mol. The molecule has 0 atom stereocenters. The van der Waals surface area contributed by atoms with Gasteiger partial charge in [-0.2, -0.15) is 0 Å². The van der Waals surface area contributed by atoms with E-state index in [1.807, 2.05) is 0 Å². The fraction of sp³-hybridized carbons (Fsp3) is 0.100. The van der Waals surface area contributed by atoms with Gasteiger partial charge in [0.1, 0.15) is 0 Å². The van der Waals surface area contributed by atoms with Crippen molar-refractivity contribution in [2.45, 2.75) is 6.42 Å². The second-order valence-electron chi connectivity index (χ2n) is 3.31.